The number of alkyl halides is 1. The minimum atomic E-state index is -3.83. The van der Waals surface area contributed by atoms with Crippen LogP contribution in [-0.4, -0.2) is 44.6 Å². The van der Waals surface area contributed by atoms with Crippen molar-refractivity contribution >= 4 is 22.0 Å². The Bertz CT molecular complexity index is 1000. The van der Waals surface area contributed by atoms with Crippen LogP contribution in [0.2, 0.25) is 0 Å². The summed E-state index contributed by atoms with van der Waals surface area (Å²) in [6.45, 7) is 1.17. The SMILES string of the molecule is CC(F)COc1cccc(S(=O)(=O)NCc2coc(CN3CC(=O)NC3=O)c2)c1. The average Bonchev–Trinajstić information content (AvgIpc) is 3.24. The van der Waals surface area contributed by atoms with Gasteiger partial charge in [0.05, 0.1) is 17.7 Å². The Balaban J connectivity index is 1.59. The van der Waals surface area contributed by atoms with Gasteiger partial charge in [-0.15, -0.1) is 0 Å². The molecule has 1 aliphatic rings. The molecule has 0 saturated carbocycles. The number of sulfonamides is 1. The highest BCUT2D eigenvalue weighted by Gasteiger charge is 2.27. The number of carbonyl (C=O) groups is 2. The van der Waals surface area contributed by atoms with Crippen molar-refractivity contribution in [1.29, 1.82) is 0 Å². The van der Waals surface area contributed by atoms with Crippen LogP contribution >= 0.6 is 0 Å². The molecule has 0 spiro atoms. The molecule has 1 aliphatic heterocycles. The zero-order chi connectivity index (χ0) is 21.0. The molecule has 3 rings (SSSR count). The maximum Gasteiger partial charge on any atom is 0.324 e. The number of nitrogens with one attached hydrogen (secondary N) is 2. The van der Waals surface area contributed by atoms with Gasteiger partial charge in [-0.2, -0.15) is 0 Å². The number of furan rings is 1. The Morgan fingerprint density at radius 3 is 2.83 bits per heavy atom. The van der Waals surface area contributed by atoms with Crippen LogP contribution in [-0.2, 0) is 27.9 Å². The fourth-order valence-electron chi connectivity index (χ4n) is 2.60. The van der Waals surface area contributed by atoms with E-state index in [1.54, 1.807) is 12.1 Å². The maximum absolute atomic E-state index is 12.9. The van der Waals surface area contributed by atoms with Crippen molar-refractivity contribution in [2.75, 3.05) is 13.2 Å². The van der Waals surface area contributed by atoms with Crippen molar-refractivity contribution in [3.8, 4) is 5.75 Å². The molecule has 0 aliphatic carbocycles. The van der Waals surface area contributed by atoms with Crippen molar-refractivity contribution in [2.24, 2.45) is 0 Å². The Hall–Kier alpha value is -2.92. The van der Waals surface area contributed by atoms with Gasteiger partial charge in [0.1, 0.15) is 30.8 Å². The lowest BCUT2D eigenvalue weighted by Gasteiger charge is -2.10. The number of amides is 3. The molecule has 2 aromatic rings. The molecule has 1 aromatic heterocycles. The molecule has 1 atom stereocenters. The lowest BCUT2D eigenvalue weighted by molar-refractivity contribution is -0.118. The summed E-state index contributed by atoms with van der Waals surface area (Å²) in [5.41, 5.74) is 0.549. The van der Waals surface area contributed by atoms with E-state index in [2.05, 4.69) is 10.0 Å². The first-order valence-corrected chi connectivity index (χ1v) is 10.2. The number of benzene rings is 1. The van der Waals surface area contributed by atoms with E-state index in [-0.39, 0.29) is 42.8 Å². The normalized spacial score (nSPS) is 15.4. The van der Waals surface area contributed by atoms with Gasteiger partial charge in [0.25, 0.3) is 0 Å². The molecule has 1 unspecified atom stereocenters. The highest BCUT2D eigenvalue weighted by Crippen LogP contribution is 2.19. The molecular weight excluding hydrogens is 405 g/mol. The van der Waals surface area contributed by atoms with Crippen LogP contribution < -0.4 is 14.8 Å². The van der Waals surface area contributed by atoms with E-state index < -0.39 is 22.2 Å². The van der Waals surface area contributed by atoms with E-state index in [4.69, 9.17) is 9.15 Å². The Morgan fingerprint density at radius 1 is 1.34 bits per heavy atom. The largest absolute Gasteiger partial charge is 0.491 e. The Morgan fingerprint density at radius 2 is 2.14 bits per heavy atom. The van der Waals surface area contributed by atoms with Gasteiger partial charge in [0.15, 0.2) is 0 Å². The van der Waals surface area contributed by atoms with Crippen molar-refractivity contribution in [3.05, 3.63) is 47.9 Å². The summed E-state index contributed by atoms with van der Waals surface area (Å²) in [6, 6.07) is 6.86. The highest BCUT2D eigenvalue weighted by molar-refractivity contribution is 7.89. The topological polar surface area (TPSA) is 118 Å². The van der Waals surface area contributed by atoms with Crippen molar-refractivity contribution < 1.29 is 31.6 Å². The van der Waals surface area contributed by atoms with Crippen LogP contribution in [0.4, 0.5) is 9.18 Å². The second-order valence-corrected chi connectivity index (χ2v) is 8.29. The predicted octanol–water partition coefficient (Wildman–Crippen LogP) is 1.55. The standard InChI is InChI=1S/C18H20FN3O6S/c1-12(19)10-27-14-3-2-4-16(6-14)29(25,26)20-7-13-5-15(28-11-13)8-22-9-17(23)21-18(22)24/h2-6,11-12,20H,7-10H2,1H3,(H,21,23,24). The second-order valence-electron chi connectivity index (χ2n) is 6.52. The van der Waals surface area contributed by atoms with Crippen LogP contribution in [0.1, 0.15) is 18.2 Å². The number of urea groups is 1. The molecule has 29 heavy (non-hydrogen) atoms. The zero-order valence-electron chi connectivity index (χ0n) is 15.6. The van der Waals surface area contributed by atoms with Crippen LogP contribution in [0.25, 0.3) is 0 Å². The summed E-state index contributed by atoms with van der Waals surface area (Å²) >= 11 is 0. The minimum absolute atomic E-state index is 0.0162. The van der Waals surface area contributed by atoms with Crippen LogP contribution in [0.3, 0.4) is 0 Å². The molecule has 2 heterocycles. The summed E-state index contributed by atoms with van der Waals surface area (Å²) in [6.07, 6.45) is 0.198. The molecule has 11 heteroatoms. The first-order chi connectivity index (χ1) is 13.7. The quantitative estimate of drug-likeness (QED) is 0.589. The number of rotatable bonds is 9. The molecule has 1 saturated heterocycles. The fraction of sp³-hybridized carbons (Fsp3) is 0.333. The van der Waals surface area contributed by atoms with Gasteiger partial charge in [0.2, 0.25) is 15.9 Å². The summed E-state index contributed by atoms with van der Waals surface area (Å²) in [4.78, 5) is 24.0. The average molecular weight is 425 g/mol. The second kappa shape index (κ2) is 8.62. The number of ether oxygens (including phenoxy) is 1. The van der Waals surface area contributed by atoms with Crippen molar-refractivity contribution in [3.63, 3.8) is 0 Å². The van der Waals surface area contributed by atoms with E-state index in [1.807, 2.05) is 0 Å². The number of nitrogens with zero attached hydrogens (tertiary/aromatic N) is 1. The van der Waals surface area contributed by atoms with Gasteiger partial charge in [0, 0.05) is 18.2 Å². The zero-order valence-corrected chi connectivity index (χ0v) is 16.4. The maximum atomic E-state index is 12.9. The number of hydrogen-bond acceptors (Lipinski definition) is 6. The Labute approximate surface area is 166 Å². The number of carbonyl (C=O) groups excluding carboxylic acids is 2. The van der Waals surface area contributed by atoms with Gasteiger partial charge in [-0.3, -0.25) is 10.1 Å². The summed E-state index contributed by atoms with van der Waals surface area (Å²) in [7, 11) is -3.83. The monoisotopic (exact) mass is 425 g/mol. The van der Waals surface area contributed by atoms with E-state index >= 15 is 0 Å². The lowest BCUT2D eigenvalue weighted by Crippen LogP contribution is -2.27. The fourth-order valence-corrected chi connectivity index (χ4v) is 3.66. The number of hydrogen-bond donors (Lipinski definition) is 2. The van der Waals surface area contributed by atoms with Crippen LogP contribution in [0.5, 0.6) is 5.75 Å². The summed E-state index contributed by atoms with van der Waals surface area (Å²) in [5.74, 6) is 0.280. The third-order valence-electron chi connectivity index (χ3n) is 3.98. The smallest absolute Gasteiger partial charge is 0.324 e. The molecule has 9 nitrogen and oxygen atoms in total. The number of halogens is 1. The van der Waals surface area contributed by atoms with E-state index in [1.165, 1.54) is 36.3 Å². The summed E-state index contributed by atoms with van der Waals surface area (Å²) < 4.78 is 50.9. The van der Waals surface area contributed by atoms with Crippen molar-refractivity contribution in [2.45, 2.75) is 31.1 Å². The van der Waals surface area contributed by atoms with E-state index in [0.717, 1.165) is 0 Å². The van der Waals surface area contributed by atoms with E-state index in [9.17, 15) is 22.4 Å². The van der Waals surface area contributed by atoms with Crippen LogP contribution in [0.15, 0.2) is 45.9 Å². The van der Waals surface area contributed by atoms with Gasteiger partial charge < -0.3 is 14.1 Å². The molecule has 2 N–H and O–H groups in total. The first-order valence-electron chi connectivity index (χ1n) is 8.74. The highest BCUT2D eigenvalue weighted by atomic mass is 32.2. The third kappa shape index (κ3) is 5.55. The van der Waals surface area contributed by atoms with Gasteiger partial charge in [-0.1, -0.05) is 6.07 Å². The Kier molecular flexibility index (Phi) is 6.18. The van der Waals surface area contributed by atoms with E-state index in [0.29, 0.717) is 11.3 Å². The molecule has 0 bridgehead atoms. The molecule has 3 amide bonds. The first kappa shape index (κ1) is 20.8. The molecular formula is C18H20FN3O6S. The van der Waals surface area contributed by atoms with Gasteiger partial charge >= 0.3 is 6.03 Å². The minimum Gasteiger partial charge on any atom is -0.491 e. The molecule has 1 aromatic carbocycles. The number of imide groups is 1. The predicted molar refractivity (Wildman–Crippen MR) is 99.2 cm³/mol. The third-order valence-corrected chi connectivity index (χ3v) is 5.38. The molecule has 0 radical (unpaired) electrons. The van der Waals surface area contributed by atoms with Gasteiger partial charge in [-0.05, 0) is 25.1 Å². The summed E-state index contributed by atoms with van der Waals surface area (Å²) in [5, 5.41) is 2.16. The molecule has 156 valence electrons. The van der Waals surface area contributed by atoms with Crippen molar-refractivity contribution in [1.82, 2.24) is 14.9 Å². The van der Waals surface area contributed by atoms with Crippen LogP contribution in [0, 0.1) is 0 Å². The molecule has 1 fully saturated rings. The lowest BCUT2D eigenvalue weighted by atomic mass is 10.3. The van der Waals surface area contributed by atoms with Gasteiger partial charge in [-0.25, -0.2) is 22.3 Å².